The molecule has 0 aromatic heterocycles. The van der Waals surface area contributed by atoms with Crippen molar-refractivity contribution in [2.75, 3.05) is 0 Å². The smallest absolute Gasteiger partial charge is 1.00 e. The predicted octanol–water partition coefficient (Wildman–Crippen LogP) is -2.82. The van der Waals surface area contributed by atoms with Gasteiger partial charge in [-0.15, -0.1) is 12.6 Å². The van der Waals surface area contributed by atoms with Gasteiger partial charge in [-0.05, 0) is 6.42 Å². The molecule has 1 atom stereocenters. The van der Waals surface area contributed by atoms with Crippen LogP contribution in [0.25, 0.3) is 0 Å². The van der Waals surface area contributed by atoms with E-state index < -0.39 is 10.8 Å². The third-order valence-electron chi connectivity index (χ3n) is 0.909. The van der Waals surface area contributed by atoms with Gasteiger partial charge in [0.15, 0.2) is 4.87 Å². The summed E-state index contributed by atoms with van der Waals surface area (Å²) < 4.78 is 0. The minimum atomic E-state index is -1.35. The quantitative estimate of drug-likeness (QED) is 0.231. The Labute approximate surface area is 83.2 Å². The van der Waals surface area contributed by atoms with Crippen molar-refractivity contribution in [3.63, 3.8) is 0 Å². The predicted molar refractivity (Wildman–Crippen MR) is 34.9 cm³/mol. The summed E-state index contributed by atoms with van der Waals surface area (Å²) in [4.78, 5) is 8.70. The molecule has 0 rings (SSSR count). The molecular weight excluding hydrogens is 149 g/mol. The molecular formula is C4H10NNaO2S. The van der Waals surface area contributed by atoms with Crippen LogP contribution in [0.4, 0.5) is 0 Å². The molecule has 0 radical (unpaired) electrons. The van der Waals surface area contributed by atoms with Crippen LogP contribution in [0.1, 0.15) is 14.8 Å². The largest absolute Gasteiger partial charge is 1.00 e. The second-order valence-corrected chi connectivity index (χ2v) is 2.38. The van der Waals surface area contributed by atoms with Crippen molar-refractivity contribution < 1.29 is 40.9 Å². The van der Waals surface area contributed by atoms with Crippen molar-refractivity contribution in [1.29, 1.82) is 0 Å². The summed E-state index contributed by atoms with van der Waals surface area (Å²) in [6.07, 6.45) is 0.325. The third kappa shape index (κ3) is 4.22. The Balaban J connectivity index is -0.000000245. The molecule has 0 fully saturated rings. The number of nitrogens with two attached hydrogens (primary N) is 1. The number of hydrogen-bond donors (Lipinski definition) is 3. The summed E-state index contributed by atoms with van der Waals surface area (Å²) in [5.74, 6) is -1.08. The van der Waals surface area contributed by atoms with E-state index in [0.717, 1.165) is 0 Å². The number of thiol groups is 1. The van der Waals surface area contributed by atoms with Gasteiger partial charge in [-0.3, -0.25) is 0 Å². The maximum absolute atomic E-state index is 10.1. The van der Waals surface area contributed by atoms with E-state index in [1.807, 2.05) is 0 Å². The third-order valence-corrected chi connectivity index (χ3v) is 1.42. The summed E-state index contributed by atoms with van der Waals surface area (Å²) in [5.41, 5.74) is 5.12. The first kappa shape index (κ1) is 12.5. The van der Waals surface area contributed by atoms with Gasteiger partial charge in [0, 0.05) is 0 Å². The maximum atomic E-state index is 10.1. The van der Waals surface area contributed by atoms with Crippen molar-refractivity contribution in [3.05, 3.63) is 0 Å². The van der Waals surface area contributed by atoms with Crippen molar-refractivity contribution in [3.8, 4) is 0 Å². The van der Waals surface area contributed by atoms with Gasteiger partial charge in [0.25, 0.3) is 0 Å². The Kier molecular flexibility index (Phi) is 6.33. The van der Waals surface area contributed by atoms with Crippen LogP contribution < -0.4 is 35.3 Å². The van der Waals surface area contributed by atoms with Crippen LogP contribution >= 0.6 is 12.6 Å². The van der Waals surface area contributed by atoms with Gasteiger partial charge < -0.3 is 12.3 Å². The molecule has 0 aromatic rings. The van der Waals surface area contributed by atoms with Crippen LogP contribution in [0.3, 0.4) is 0 Å². The fourth-order valence-corrected chi connectivity index (χ4v) is 0.151. The van der Waals surface area contributed by atoms with E-state index in [1.54, 1.807) is 6.92 Å². The molecule has 1 unspecified atom stereocenters. The zero-order valence-electron chi connectivity index (χ0n) is 6.59. The topological polar surface area (TPSA) is 63.3 Å². The molecule has 3 N–H and O–H groups in total. The molecule has 0 bridgehead atoms. The Morgan fingerprint density at radius 1 is 2.00 bits per heavy atom. The van der Waals surface area contributed by atoms with Gasteiger partial charge in [0.1, 0.15) is 0 Å². The van der Waals surface area contributed by atoms with Gasteiger partial charge in [0.2, 0.25) is 0 Å². The fourth-order valence-electron chi connectivity index (χ4n) is 0.151. The number of rotatable bonds is 2. The van der Waals surface area contributed by atoms with E-state index in [-0.39, 0.29) is 31.0 Å². The number of carbonyl (C=O) groups is 1. The molecule has 0 spiro atoms. The van der Waals surface area contributed by atoms with E-state index in [2.05, 4.69) is 12.6 Å². The summed E-state index contributed by atoms with van der Waals surface area (Å²) >= 11 is 3.66. The van der Waals surface area contributed by atoms with E-state index in [0.29, 0.717) is 6.42 Å². The maximum Gasteiger partial charge on any atom is 1.00 e. The van der Waals surface area contributed by atoms with Crippen LogP contribution in [0.15, 0.2) is 0 Å². The second-order valence-electron chi connectivity index (χ2n) is 1.58. The molecule has 0 aliphatic carbocycles. The Morgan fingerprint density at radius 2 is 2.33 bits per heavy atom. The molecule has 3 nitrogen and oxygen atoms in total. The SMILES string of the molecule is CCC(N)(S)C(=O)O.[H-].[Na+]. The van der Waals surface area contributed by atoms with Gasteiger partial charge in [-0.1, -0.05) is 6.92 Å². The number of aliphatic carboxylic acids is 1. The van der Waals surface area contributed by atoms with Crippen LogP contribution in [-0.2, 0) is 4.79 Å². The number of hydrogen-bond acceptors (Lipinski definition) is 3. The summed E-state index contributed by atoms with van der Waals surface area (Å²) in [6, 6.07) is 0. The van der Waals surface area contributed by atoms with E-state index in [4.69, 9.17) is 10.8 Å². The van der Waals surface area contributed by atoms with Crippen molar-refractivity contribution >= 4 is 18.6 Å². The van der Waals surface area contributed by atoms with Crippen molar-refractivity contribution in [2.45, 2.75) is 18.2 Å². The molecule has 0 heterocycles. The van der Waals surface area contributed by atoms with Gasteiger partial charge in [0.05, 0.1) is 0 Å². The molecule has 0 aliphatic heterocycles. The Bertz CT molecular complexity index is 111. The van der Waals surface area contributed by atoms with E-state index in [1.165, 1.54) is 0 Å². The molecule has 0 saturated carbocycles. The summed E-state index contributed by atoms with van der Waals surface area (Å²) in [6.45, 7) is 1.67. The normalized spacial score (nSPS) is 15.4. The fraction of sp³-hybridized carbons (Fsp3) is 0.750. The molecule has 0 saturated heterocycles. The monoisotopic (exact) mass is 159 g/mol. The Hall–Kier alpha value is 0.780. The molecule has 0 amide bonds. The van der Waals surface area contributed by atoms with Crippen LogP contribution in [0.2, 0.25) is 0 Å². The molecule has 9 heavy (non-hydrogen) atoms. The zero-order valence-corrected chi connectivity index (χ0v) is 8.48. The first-order valence-electron chi connectivity index (χ1n) is 2.25. The molecule has 50 valence electrons. The van der Waals surface area contributed by atoms with Gasteiger partial charge >= 0.3 is 35.5 Å². The van der Waals surface area contributed by atoms with Crippen molar-refractivity contribution in [1.82, 2.24) is 0 Å². The van der Waals surface area contributed by atoms with Gasteiger partial charge in [-0.25, -0.2) is 4.79 Å². The summed E-state index contributed by atoms with van der Waals surface area (Å²) in [5, 5.41) is 8.24. The molecule has 0 aromatic carbocycles. The standard InChI is InChI=1S/C4H9NO2S.Na.H/c1-2-4(5,8)3(6)7;;/h8H,2,5H2,1H3,(H,6,7);;/q;+1;-1. The zero-order chi connectivity index (χ0) is 6.78. The minimum absolute atomic E-state index is 0. The minimum Gasteiger partial charge on any atom is -1.00 e. The molecule has 5 heteroatoms. The van der Waals surface area contributed by atoms with Crippen LogP contribution in [-0.4, -0.2) is 15.9 Å². The Morgan fingerprint density at radius 3 is 2.33 bits per heavy atom. The second kappa shape index (κ2) is 4.57. The first-order valence-corrected chi connectivity index (χ1v) is 2.70. The van der Waals surface area contributed by atoms with E-state index >= 15 is 0 Å². The average molecular weight is 159 g/mol. The first-order chi connectivity index (χ1) is 3.50. The van der Waals surface area contributed by atoms with Crippen LogP contribution in [0, 0.1) is 0 Å². The number of carboxylic acid groups (broad SMARTS) is 1. The molecule has 0 aliphatic rings. The van der Waals surface area contributed by atoms with Crippen molar-refractivity contribution in [2.24, 2.45) is 5.73 Å². The van der Waals surface area contributed by atoms with E-state index in [9.17, 15) is 4.79 Å². The van der Waals surface area contributed by atoms with Gasteiger partial charge in [-0.2, -0.15) is 0 Å². The average Bonchev–Trinajstić information content (AvgIpc) is 1.67. The van der Waals surface area contributed by atoms with Crippen LogP contribution in [0.5, 0.6) is 0 Å². The summed E-state index contributed by atoms with van der Waals surface area (Å²) in [7, 11) is 0. The number of carboxylic acids is 1.